The zero-order chi connectivity index (χ0) is 20.1. The minimum absolute atomic E-state index is 0. The standard InChI is InChI=1S/C23H28N2O3.Li/c1-16-6-5-7-18(14-16)15-25-13-4-3-8-21(25)22(26)24-17(2)19-9-11-20(12-10-19)23(27)28;/h5-7,9-12,14,17,21H,3-4,8,13,15H2,1-2H3,(H,24,26)(H,27,28);/q;+1/p-1/t17?,21-;/m0./s1. The SMILES string of the molecule is Cc1cccc(CN2CCCC[C@H]2C(=O)NC(C)c2ccc(C(=O)[O-])cc2)c1.[Li+]. The van der Waals surface area contributed by atoms with E-state index in [1.165, 1.54) is 23.3 Å². The molecule has 1 unspecified atom stereocenters. The van der Waals surface area contributed by atoms with Gasteiger partial charge in [0.25, 0.3) is 0 Å². The number of likely N-dealkylation sites (tertiary alicyclic amines) is 1. The van der Waals surface area contributed by atoms with Crippen LogP contribution in [-0.4, -0.2) is 29.4 Å². The number of nitrogens with zero attached hydrogens (tertiary/aromatic N) is 1. The fourth-order valence-electron chi connectivity index (χ4n) is 3.82. The third-order valence-electron chi connectivity index (χ3n) is 5.39. The molecular formula is C23H27LiN2O3. The van der Waals surface area contributed by atoms with E-state index in [4.69, 9.17) is 0 Å². The Morgan fingerprint density at radius 2 is 1.90 bits per heavy atom. The number of hydrogen-bond acceptors (Lipinski definition) is 4. The monoisotopic (exact) mass is 386 g/mol. The first-order valence-corrected chi connectivity index (χ1v) is 9.85. The van der Waals surface area contributed by atoms with Crippen molar-refractivity contribution >= 4 is 11.9 Å². The van der Waals surface area contributed by atoms with Gasteiger partial charge in [-0.15, -0.1) is 0 Å². The van der Waals surface area contributed by atoms with E-state index in [1.54, 1.807) is 12.1 Å². The summed E-state index contributed by atoms with van der Waals surface area (Å²) in [5.74, 6) is -1.17. The molecule has 2 aromatic rings. The van der Waals surface area contributed by atoms with Gasteiger partial charge in [0.15, 0.2) is 0 Å². The molecule has 3 rings (SSSR count). The van der Waals surface area contributed by atoms with Crippen LogP contribution < -0.4 is 29.3 Å². The van der Waals surface area contributed by atoms with E-state index in [-0.39, 0.29) is 42.4 Å². The van der Waals surface area contributed by atoms with Crippen LogP contribution in [0.2, 0.25) is 0 Å². The normalized spacial score (nSPS) is 17.8. The summed E-state index contributed by atoms with van der Waals surface area (Å²) in [6, 6.07) is 14.6. The molecule has 1 N–H and O–H groups in total. The van der Waals surface area contributed by atoms with E-state index in [2.05, 4.69) is 41.4 Å². The largest absolute Gasteiger partial charge is 1.00 e. The Morgan fingerprint density at radius 3 is 2.55 bits per heavy atom. The van der Waals surface area contributed by atoms with Gasteiger partial charge in [-0.05, 0) is 49.9 Å². The third-order valence-corrected chi connectivity index (χ3v) is 5.39. The molecule has 148 valence electrons. The number of carbonyl (C=O) groups is 2. The maximum atomic E-state index is 13.0. The summed E-state index contributed by atoms with van der Waals surface area (Å²) >= 11 is 0. The minimum Gasteiger partial charge on any atom is -0.545 e. The number of aryl methyl sites for hydroxylation is 1. The summed E-state index contributed by atoms with van der Waals surface area (Å²) < 4.78 is 0. The van der Waals surface area contributed by atoms with E-state index < -0.39 is 5.97 Å². The predicted molar refractivity (Wildman–Crippen MR) is 107 cm³/mol. The smallest absolute Gasteiger partial charge is 0.545 e. The molecule has 5 nitrogen and oxygen atoms in total. The summed E-state index contributed by atoms with van der Waals surface area (Å²) in [6.07, 6.45) is 3.01. The number of rotatable bonds is 6. The van der Waals surface area contributed by atoms with Crippen molar-refractivity contribution in [1.29, 1.82) is 0 Å². The van der Waals surface area contributed by atoms with Gasteiger partial charge in [-0.25, -0.2) is 0 Å². The number of benzene rings is 2. The molecule has 0 bridgehead atoms. The van der Waals surface area contributed by atoms with Crippen LogP contribution in [0.3, 0.4) is 0 Å². The predicted octanol–water partition coefficient (Wildman–Crippen LogP) is -0.406. The Kier molecular flexibility index (Phi) is 8.52. The van der Waals surface area contributed by atoms with Gasteiger partial charge in [0, 0.05) is 6.54 Å². The summed E-state index contributed by atoms with van der Waals surface area (Å²) in [5, 5.41) is 14.0. The van der Waals surface area contributed by atoms with Crippen molar-refractivity contribution in [2.24, 2.45) is 0 Å². The van der Waals surface area contributed by atoms with Crippen LogP contribution in [0.25, 0.3) is 0 Å². The Bertz CT molecular complexity index is 838. The first-order chi connectivity index (χ1) is 13.4. The number of carboxylic acid groups (broad SMARTS) is 1. The Hall–Kier alpha value is -2.06. The van der Waals surface area contributed by atoms with Gasteiger partial charge < -0.3 is 15.2 Å². The van der Waals surface area contributed by atoms with E-state index in [1.807, 2.05) is 6.92 Å². The van der Waals surface area contributed by atoms with Crippen LogP contribution >= 0.6 is 0 Å². The van der Waals surface area contributed by atoms with Crippen LogP contribution in [0.5, 0.6) is 0 Å². The number of carboxylic acids is 1. The first-order valence-electron chi connectivity index (χ1n) is 9.85. The van der Waals surface area contributed by atoms with E-state index in [0.717, 1.165) is 37.9 Å². The fourth-order valence-corrected chi connectivity index (χ4v) is 3.82. The van der Waals surface area contributed by atoms with Gasteiger partial charge in [-0.2, -0.15) is 0 Å². The molecule has 1 aliphatic heterocycles. The molecule has 0 aromatic heterocycles. The number of piperidine rings is 1. The second-order valence-electron chi connectivity index (χ2n) is 7.61. The minimum atomic E-state index is -1.20. The summed E-state index contributed by atoms with van der Waals surface area (Å²) in [4.78, 5) is 26.1. The molecule has 0 aliphatic carbocycles. The van der Waals surface area contributed by atoms with Crippen molar-refractivity contribution in [3.63, 3.8) is 0 Å². The van der Waals surface area contributed by atoms with Gasteiger partial charge in [0.1, 0.15) is 0 Å². The van der Waals surface area contributed by atoms with Crippen LogP contribution in [0, 0.1) is 6.92 Å². The number of carbonyl (C=O) groups excluding carboxylic acids is 2. The summed E-state index contributed by atoms with van der Waals surface area (Å²) in [5.41, 5.74) is 3.47. The number of aromatic carboxylic acids is 1. The third kappa shape index (κ3) is 6.21. The Labute approximate surface area is 184 Å². The number of nitrogens with one attached hydrogen (secondary N) is 1. The van der Waals surface area contributed by atoms with Gasteiger partial charge in [-0.1, -0.05) is 60.5 Å². The molecule has 1 aliphatic rings. The van der Waals surface area contributed by atoms with Crippen LogP contribution in [0.15, 0.2) is 48.5 Å². The van der Waals surface area contributed by atoms with Crippen LogP contribution in [-0.2, 0) is 11.3 Å². The molecule has 2 atom stereocenters. The average molecular weight is 386 g/mol. The first kappa shape index (κ1) is 23.2. The molecule has 0 saturated carbocycles. The molecule has 1 fully saturated rings. The summed E-state index contributed by atoms with van der Waals surface area (Å²) in [6.45, 7) is 5.69. The molecule has 2 aromatic carbocycles. The van der Waals surface area contributed by atoms with E-state index in [0.29, 0.717) is 0 Å². The van der Waals surface area contributed by atoms with Crippen molar-refractivity contribution < 1.29 is 33.6 Å². The fraction of sp³-hybridized carbons (Fsp3) is 0.391. The Balaban J connectivity index is 0.00000300. The average Bonchev–Trinajstić information content (AvgIpc) is 2.68. The Morgan fingerprint density at radius 1 is 1.17 bits per heavy atom. The van der Waals surface area contributed by atoms with Crippen molar-refractivity contribution in [2.75, 3.05) is 6.54 Å². The van der Waals surface area contributed by atoms with Gasteiger partial charge >= 0.3 is 18.9 Å². The second-order valence-corrected chi connectivity index (χ2v) is 7.61. The molecule has 1 saturated heterocycles. The van der Waals surface area contributed by atoms with Gasteiger partial charge in [-0.3, -0.25) is 9.69 Å². The summed E-state index contributed by atoms with van der Waals surface area (Å²) in [7, 11) is 0. The molecule has 0 spiro atoms. The van der Waals surface area contributed by atoms with Crippen LogP contribution in [0.1, 0.15) is 59.3 Å². The molecular weight excluding hydrogens is 359 g/mol. The molecule has 6 heteroatoms. The van der Waals surface area contributed by atoms with Gasteiger partial charge in [0.2, 0.25) is 5.91 Å². The van der Waals surface area contributed by atoms with E-state index in [9.17, 15) is 14.7 Å². The van der Waals surface area contributed by atoms with E-state index >= 15 is 0 Å². The molecule has 0 radical (unpaired) electrons. The molecule has 1 amide bonds. The van der Waals surface area contributed by atoms with Gasteiger partial charge in [0.05, 0.1) is 18.1 Å². The maximum Gasteiger partial charge on any atom is 1.00 e. The van der Waals surface area contributed by atoms with Crippen molar-refractivity contribution in [1.82, 2.24) is 10.2 Å². The zero-order valence-electron chi connectivity index (χ0n) is 17.5. The molecule has 1 heterocycles. The van der Waals surface area contributed by atoms with Crippen molar-refractivity contribution in [3.8, 4) is 0 Å². The number of hydrogen-bond donors (Lipinski definition) is 1. The quantitative estimate of drug-likeness (QED) is 0.686. The second kappa shape index (κ2) is 10.6. The number of amides is 1. The van der Waals surface area contributed by atoms with Crippen molar-refractivity contribution in [2.45, 2.75) is 51.7 Å². The van der Waals surface area contributed by atoms with Crippen molar-refractivity contribution in [3.05, 3.63) is 70.8 Å². The molecule has 29 heavy (non-hydrogen) atoms. The zero-order valence-corrected chi connectivity index (χ0v) is 17.5. The maximum absolute atomic E-state index is 13.0. The van der Waals surface area contributed by atoms with Crippen LogP contribution in [0.4, 0.5) is 0 Å². The topological polar surface area (TPSA) is 72.5 Å².